The van der Waals surface area contributed by atoms with Crippen molar-refractivity contribution in [2.24, 2.45) is 0 Å². The number of halogens is 1. The van der Waals surface area contributed by atoms with Crippen LogP contribution in [0.2, 0.25) is 5.02 Å². The van der Waals surface area contributed by atoms with Crippen molar-refractivity contribution in [3.8, 4) is 11.8 Å². The minimum Gasteiger partial charge on any atom is -0.491 e. The van der Waals surface area contributed by atoms with E-state index in [-0.39, 0.29) is 30.8 Å². The maximum Gasteiger partial charge on any atom is 0.296 e. The minimum atomic E-state index is -0.624. The van der Waals surface area contributed by atoms with Crippen molar-refractivity contribution in [3.05, 3.63) is 40.8 Å². The molecule has 2 saturated heterocycles. The van der Waals surface area contributed by atoms with Gasteiger partial charge in [-0.05, 0) is 18.2 Å². The van der Waals surface area contributed by atoms with E-state index in [0.29, 0.717) is 41.8 Å². The Bertz CT molecular complexity index is 1110. The minimum absolute atomic E-state index is 0.0943. The number of hydrogen-bond donors (Lipinski definition) is 2. The average molecular weight is 431 g/mol. The highest BCUT2D eigenvalue weighted by Crippen LogP contribution is 2.35. The average Bonchev–Trinajstić information content (AvgIpc) is 3.49. The van der Waals surface area contributed by atoms with E-state index in [1.165, 1.54) is 0 Å². The number of aliphatic hydroxyl groups excluding tert-OH is 1. The van der Waals surface area contributed by atoms with Crippen LogP contribution in [-0.4, -0.2) is 69.3 Å². The Morgan fingerprint density at radius 1 is 1.20 bits per heavy atom. The van der Waals surface area contributed by atoms with Gasteiger partial charge in [0.15, 0.2) is 11.8 Å². The maximum absolute atomic E-state index is 9.87. The lowest BCUT2D eigenvalue weighted by atomic mass is 10.0. The second-order valence-corrected chi connectivity index (χ2v) is 8.16. The van der Waals surface area contributed by atoms with Gasteiger partial charge >= 0.3 is 0 Å². The van der Waals surface area contributed by atoms with Crippen LogP contribution >= 0.6 is 11.6 Å². The summed E-state index contributed by atoms with van der Waals surface area (Å²) in [5.74, 6) is 0.906. The molecule has 2 fully saturated rings. The van der Waals surface area contributed by atoms with Gasteiger partial charge in [-0.2, -0.15) is 4.98 Å². The van der Waals surface area contributed by atoms with E-state index >= 15 is 0 Å². The molecule has 0 radical (unpaired) electrons. The molecule has 30 heavy (non-hydrogen) atoms. The van der Waals surface area contributed by atoms with Crippen LogP contribution in [0.25, 0.3) is 11.2 Å². The van der Waals surface area contributed by atoms with E-state index < -0.39 is 6.10 Å². The number of imidazole rings is 1. The zero-order valence-corrected chi connectivity index (χ0v) is 16.6. The Morgan fingerprint density at radius 2 is 2.10 bits per heavy atom. The fourth-order valence-corrected chi connectivity index (χ4v) is 4.54. The number of nitrogens with zero attached hydrogens (tertiary/aromatic N) is 3. The Morgan fingerprint density at radius 3 is 3.03 bits per heavy atom. The topological polar surface area (TPSA) is 112 Å². The number of H-pyrrole nitrogens is 1. The van der Waals surface area contributed by atoms with Crippen molar-refractivity contribution < 1.29 is 24.1 Å². The number of aromatic nitrogens is 4. The molecule has 0 bridgehead atoms. The molecule has 0 aromatic carbocycles. The van der Waals surface area contributed by atoms with Gasteiger partial charge < -0.3 is 29.0 Å². The van der Waals surface area contributed by atoms with E-state index in [0.717, 1.165) is 17.1 Å². The summed E-state index contributed by atoms with van der Waals surface area (Å²) < 4.78 is 22.8. The van der Waals surface area contributed by atoms with Crippen molar-refractivity contribution in [1.29, 1.82) is 0 Å². The molecule has 2 N–H and O–H groups in total. The molecule has 10 heteroatoms. The van der Waals surface area contributed by atoms with Crippen molar-refractivity contribution in [2.45, 2.75) is 36.8 Å². The summed E-state index contributed by atoms with van der Waals surface area (Å²) in [7, 11) is 0. The van der Waals surface area contributed by atoms with Crippen molar-refractivity contribution in [1.82, 2.24) is 19.9 Å². The first-order valence-electron chi connectivity index (χ1n) is 9.86. The molecule has 6 heterocycles. The van der Waals surface area contributed by atoms with Gasteiger partial charge in [-0.1, -0.05) is 11.6 Å². The molecule has 3 aliphatic heterocycles. The van der Waals surface area contributed by atoms with Crippen molar-refractivity contribution in [3.63, 3.8) is 0 Å². The Hall–Kier alpha value is -2.46. The molecule has 6 rings (SSSR count). The number of pyridine rings is 2. The molecule has 3 aromatic heterocycles. The number of rotatable bonds is 4. The zero-order valence-electron chi connectivity index (χ0n) is 15.8. The third kappa shape index (κ3) is 3.01. The maximum atomic E-state index is 9.87. The summed E-state index contributed by atoms with van der Waals surface area (Å²) in [6.45, 7) is 1.13. The van der Waals surface area contributed by atoms with Crippen LogP contribution in [-0.2, 0) is 15.9 Å². The van der Waals surface area contributed by atoms with Gasteiger partial charge in [0.25, 0.3) is 6.01 Å². The Balaban J connectivity index is 1.23. The van der Waals surface area contributed by atoms with Gasteiger partial charge in [0, 0.05) is 18.5 Å². The van der Waals surface area contributed by atoms with E-state index in [9.17, 15) is 5.11 Å². The third-order valence-electron chi connectivity index (χ3n) is 5.79. The number of hydrogen-bond acceptors (Lipinski definition) is 8. The summed E-state index contributed by atoms with van der Waals surface area (Å²) in [6.07, 6.45) is 0.732. The van der Waals surface area contributed by atoms with Gasteiger partial charge in [-0.25, -0.2) is 4.98 Å². The fraction of sp³-hybridized carbons (Fsp3) is 0.450. The molecular formula is C20H19ClN4O5. The predicted molar refractivity (Wildman–Crippen MR) is 105 cm³/mol. The number of nitrogens with one attached hydrogen (secondary N) is 1. The monoisotopic (exact) mass is 430 g/mol. The SMILES string of the molecule is O[C@@H]1CO[C@H]2[C@@H]1OC[C@H]2Oc1nc2nc(CC3COc4cccnc43)c(Cl)cc2[nH]1. The second-order valence-electron chi connectivity index (χ2n) is 7.75. The Kier molecular flexibility index (Phi) is 4.31. The summed E-state index contributed by atoms with van der Waals surface area (Å²) in [5, 5.41) is 10.4. The van der Waals surface area contributed by atoms with Crippen LogP contribution in [0, 0.1) is 0 Å². The molecule has 9 nitrogen and oxygen atoms in total. The lowest BCUT2D eigenvalue weighted by molar-refractivity contribution is 0.00706. The van der Waals surface area contributed by atoms with E-state index in [4.69, 9.17) is 30.5 Å². The van der Waals surface area contributed by atoms with Crippen molar-refractivity contribution >= 4 is 22.8 Å². The molecule has 156 valence electrons. The number of ether oxygens (including phenoxy) is 4. The van der Waals surface area contributed by atoms with Crippen LogP contribution < -0.4 is 9.47 Å². The standard InChI is InChI=1S/C20H19ClN4O5/c21-10-5-12-19(23-11(10)4-9-6-27-14-2-1-3-22-16(9)14)25-20(24-12)30-15-8-29-17-13(26)7-28-18(15)17/h1-3,5,9,13,15,17-18,26H,4,6-8H2,(H,23,24,25)/t9?,13-,15-,17-,18-/m1/s1. The second kappa shape index (κ2) is 7.05. The molecule has 5 atom stereocenters. The molecule has 3 aliphatic rings. The first-order chi connectivity index (χ1) is 14.7. The largest absolute Gasteiger partial charge is 0.491 e. The normalized spacial score (nSPS) is 29.7. The summed E-state index contributed by atoms with van der Waals surface area (Å²) in [6, 6.07) is 5.90. The first kappa shape index (κ1) is 18.3. The number of fused-ring (bicyclic) bond motifs is 3. The van der Waals surface area contributed by atoms with Crippen molar-refractivity contribution in [2.75, 3.05) is 19.8 Å². The molecular weight excluding hydrogens is 412 g/mol. The van der Waals surface area contributed by atoms with E-state index in [1.807, 2.05) is 12.1 Å². The lowest BCUT2D eigenvalue weighted by Gasteiger charge is -2.15. The summed E-state index contributed by atoms with van der Waals surface area (Å²) >= 11 is 6.50. The summed E-state index contributed by atoms with van der Waals surface area (Å²) in [5.41, 5.74) is 2.87. The van der Waals surface area contributed by atoms with Crippen LogP contribution in [0.4, 0.5) is 0 Å². The van der Waals surface area contributed by atoms with Crippen LogP contribution in [0.1, 0.15) is 17.3 Å². The lowest BCUT2D eigenvalue weighted by Crippen LogP contribution is -2.34. The summed E-state index contributed by atoms with van der Waals surface area (Å²) in [4.78, 5) is 16.6. The van der Waals surface area contributed by atoms with Gasteiger partial charge in [0.05, 0.1) is 41.7 Å². The molecule has 0 saturated carbocycles. The molecule has 0 spiro atoms. The zero-order chi connectivity index (χ0) is 20.2. The van der Waals surface area contributed by atoms with Crippen LogP contribution in [0.5, 0.6) is 11.8 Å². The highest BCUT2D eigenvalue weighted by atomic mass is 35.5. The van der Waals surface area contributed by atoms with E-state index in [1.54, 1.807) is 12.3 Å². The molecule has 0 aliphatic carbocycles. The first-order valence-corrected chi connectivity index (χ1v) is 10.2. The Labute approximate surface area is 176 Å². The number of aromatic amines is 1. The number of aliphatic hydroxyl groups is 1. The fourth-order valence-electron chi connectivity index (χ4n) is 4.31. The quantitative estimate of drug-likeness (QED) is 0.642. The third-order valence-corrected chi connectivity index (χ3v) is 6.12. The highest BCUT2D eigenvalue weighted by Gasteiger charge is 2.48. The van der Waals surface area contributed by atoms with Gasteiger partial charge in [-0.15, -0.1) is 0 Å². The van der Waals surface area contributed by atoms with Crippen LogP contribution in [0.3, 0.4) is 0 Å². The van der Waals surface area contributed by atoms with E-state index in [2.05, 4.69) is 19.9 Å². The highest BCUT2D eigenvalue weighted by molar-refractivity contribution is 6.31. The molecule has 1 unspecified atom stereocenters. The van der Waals surface area contributed by atoms with Gasteiger partial charge in [-0.3, -0.25) is 4.98 Å². The van der Waals surface area contributed by atoms with Gasteiger partial charge in [0.1, 0.15) is 24.1 Å². The smallest absolute Gasteiger partial charge is 0.296 e. The van der Waals surface area contributed by atoms with Crippen LogP contribution in [0.15, 0.2) is 24.4 Å². The van der Waals surface area contributed by atoms with Gasteiger partial charge in [0.2, 0.25) is 0 Å². The molecule has 3 aromatic rings. The molecule has 0 amide bonds. The predicted octanol–water partition coefficient (Wildman–Crippen LogP) is 1.63.